The van der Waals surface area contributed by atoms with Crippen molar-refractivity contribution in [2.45, 2.75) is 182 Å². The Kier molecular flexibility index (Phi) is 33.0. The highest BCUT2D eigenvalue weighted by Crippen LogP contribution is 2.13. The fourth-order valence-corrected chi connectivity index (χ4v) is 4.45. The van der Waals surface area contributed by atoms with Gasteiger partial charge in [-0.1, -0.05) is 157 Å². The number of nitrogens with zero attached hydrogens (tertiary/aromatic N) is 1. The van der Waals surface area contributed by atoms with E-state index in [0.717, 1.165) is 25.9 Å². The minimum atomic E-state index is 0.432. The zero-order chi connectivity index (χ0) is 24.8. The van der Waals surface area contributed by atoms with E-state index in [1.54, 1.807) is 0 Å². The van der Waals surface area contributed by atoms with Crippen molar-refractivity contribution in [2.24, 2.45) is 0 Å². The molecule has 0 aromatic rings. The van der Waals surface area contributed by atoms with E-state index in [1.165, 1.54) is 135 Å². The Morgan fingerprint density at radius 2 is 0.697 bits per heavy atom. The van der Waals surface area contributed by atoms with Crippen molar-refractivity contribution in [2.75, 3.05) is 13.1 Å². The second kappa shape index (κ2) is 31.5. The fraction of sp³-hybridized carbons (Fsp3) is 0.968. The molecule has 0 atom stereocenters. The van der Waals surface area contributed by atoms with Crippen LogP contribution in [0.4, 0.5) is 0 Å². The van der Waals surface area contributed by atoms with Gasteiger partial charge in [-0.3, -0.25) is 4.79 Å². The molecule has 0 saturated heterocycles. The Morgan fingerprint density at radius 3 is 1.03 bits per heavy atom. The summed E-state index contributed by atoms with van der Waals surface area (Å²) in [5.74, 6) is 0.432. The summed E-state index contributed by atoms with van der Waals surface area (Å²) < 4.78 is 0. The molecule has 0 bridgehead atoms. The van der Waals surface area contributed by atoms with Gasteiger partial charge in [0.05, 0.1) is 0 Å². The zero-order valence-corrected chi connectivity index (χ0v) is 24.0. The second-order valence-corrected chi connectivity index (χ2v) is 9.85. The van der Waals surface area contributed by atoms with Gasteiger partial charge >= 0.3 is 0 Å². The number of hydrogen-bond acceptors (Lipinski definition) is 1. The fourth-order valence-electron chi connectivity index (χ4n) is 4.45. The molecular weight excluding hydrogens is 402 g/mol. The van der Waals surface area contributed by atoms with E-state index < -0.39 is 0 Å². The molecule has 2 heteroatoms. The maximum atomic E-state index is 12.8. The summed E-state index contributed by atoms with van der Waals surface area (Å²) in [6, 6.07) is 0. The van der Waals surface area contributed by atoms with E-state index in [2.05, 4.69) is 25.7 Å². The van der Waals surface area contributed by atoms with Gasteiger partial charge in [-0.15, -0.1) is 0 Å². The lowest BCUT2D eigenvalue weighted by Crippen LogP contribution is -2.32. The van der Waals surface area contributed by atoms with Gasteiger partial charge < -0.3 is 4.90 Å². The van der Waals surface area contributed by atoms with Crippen LogP contribution in [0.15, 0.2) is 0 Å². The van der Waals surface area contributed by atoms with Gasteiger partial charge in [0, 0.05) is 19.5 Å². The van der Waals surface area contributed by atoms with Crippen molar-refractivity contribution in [1.82, 2.24) is 4.90 Å². The van der Waals surface area contributed by atoms with Gasteiger partial charge in [-0.05, 0) is 19.3 Å². The molecule has 1 amide bonds. The van der Waals surface area contributed by atoms with E-state index >= 15 is 0 Å². The van der Waals surface area contributed by atoms with Crippen molar-refractivity contribution in [3.63, 3.8) is 0 Å². The van der Waals surface area contributed by atoms with Crippen LogP contribution in [0.5, 0.6) is 0 Å². The third kappa shape index (κ3) is 27.6. The summed E-state index contributed by atoms with van der Waals surface area (Å²) in [6.45, 7) is 12.8. The molecule has 0 fully saturated rings. The zero-order valence-electron chi connectivity index (χ0n) is 24.0. The predicted octanol–water partition coefficient (Wildman–Crippen LogP) is 10.9. The summed E-state index contributed by atoms with van der Waals surface area (Å²) >= 11 is 0. The Balaban J connectivity index is 0. The number of amides is 1. The molecule has 0 radical (unpaired) electrons. The topological polar surface area (TPSA) is 20.3 Å². The summed E-state index contributed by atoms with van der Waals surface area (Å²) in [6.07, 6.45) is 29.9. The second-order valence-electron chi connectivity index (χ2n) is 9.85. The average molecular weight is 468 g/mol. The lowest BCUT2D eigenvalue weighted by Gasteiger charge is -2.23. The summed E-state index contributed by atoms with van der Waals surface area (Å²) in [5.41, 5.74) is 0. The molecule has 0 aromatic heterocycles. The van der Waals surface area contributed by atoms with Gasteiger partial charge in [0.15, 0.2) is 0 Å². The number of unbranched alkanes of at least 4 members (excludes halogenated alkanes) is 19. The first-order chi connectivity index (χ1) is 16.3. The first-order valence-electron chi connectivity index (χ1n) is 15.5. The van der Waals surface area contributed by atoms with Crippen LogP contribution in [0.2, 0.25) is 0 Å². The molecule has 0 N–H and O–H groups in total. The third-order valence-corrected chi connectivity index (χ3v) is 6.66. The number of carbonyl (C=O) groups is 1. The first kappa shape index (κ1) is 34.6. The minimum absolute atomic E-state index is 0.432. The summed E-state index contributed by atoms with van der Waals surface area (Å²) in [5, 5.41) is 0. The van der Waals surface area contributed by atoms with Crippen LogP contribution in [0.1, 0.15) is 182 Å². The summed E-state index contributed by atoms with van der Waals surface area (Å²) in [7, 11) is 0. The van der Waals surface area contributed by atoms with E-state index in [9.17, 15) is 4.79 Å². The van der Waals surface area contributed by atoms with E-state index in [1.807, 2.05) is 13.8 Å². The molecule has 0 unspecified atom stereocenters. The molecule has 33 heavy (non-hydrogen) atoms. The van der Waals surface area contributed by atoms with Gasteiger partial charge in [0.25, 0.3) is 0 Å². The lowest BCUT2D eigenvalue weighted by atomic mass is 10.1. The molecule has 0 spiro atoms. The van der Waals surface area contributed by atoms with Crippen LogP contribution >= 0.6 is 0 Å². The highest BCUT2D eigenvalue weighted by Gasteiger charge is 2.12. The van der Waals surface area contributed by atoms with Crippen molar-refractivity contribution in [3.8, 4) is 0 Å². The maximum Gasteiger partial charge on any atom is 0.222 e. The monoisotopic (exact) mass is 468 g/mol. The Bertz CT molecular complexity index is 335. The molecule has 200 valence electrons. The van der Waals surface area contributed by atoms with Crippen LogP contribution < -0.4 is 0 Å². The highest BCUT2D eigenvalue weighted by molar-refractivity contribution is 5.76. The standard InChI is InChI=1S/C29H59NO.C2H6/c1-4-7-10-13-16-18-21-24-27-30(28-25-22-19-17-14-11-8-5-2)29(31)26-23-20-15-12-9-6-3;1-2/h4-28H2,1-3H3;1-2H3. The van der Waals surface area contributed by atoms with Gasteiger partial charge in [0.1, 0.15) is 0 Å². The van der Waals surface area contributed by atoms with E-state index in [4.69, 9.17) is 0 Å². The van der Waals surface area contributed by atoms with Crippen molar-refractivity contribution < 1.29 is 4.79 Å². The van der Waals surface area contributed by atoms with Gasteiger partial charge in [0.2, 0.25) is 5.91 Å². The molecule has 2 nitrogen and oxygen atoms in total. The molecule has 0 aliphatic rings. The quantitative estimate of drug-likeness (QED) is 0.122. The minimum Gasteiger partial charge on any atom is -0.343 e. The normalized spacial score (nSPS) is 10.7. The number of carbonyl (C=O) groups excluding carboxylic acids is 1. The van der Waals surface area contributed by atoms with Crippen LogP contribution in [0.25, 0.3) is 0 Å². The maximum absolute atomic E-state index is 12.8. The van der Waals surface area contributed by atoms with Gasteiger partial charge in [-0.25, -0.2) is 0 Å². The van der Waals surface area contributed by atoms with Gasteiger partial charge in [-0.2, -0.15) is 0 Å². The summed E-state index contributed by atoms with van der Waals surface area (Å²) in [4.78, 5) is 15.1. The highest BCUT2D eigenvalue weighted by atomic mass is 16.2. The number of hydrogen-bond donors (Lipinski definition) is 0. The smallest absolute Gasteiger partial charge is 0.222 e. The van der Waals surface area contributed by atoms with Crippen LogP contribution in [-0.4, -0.2) is 23.9 Å². The molecule has 0 saturated carbocycles. The number of rotatable bonds is 25. The molecule has 0 aliphatic carbocycles. The Labute approximate surface area is 211 Å². The first-order valence-corrected chi connectivity index (χ1v) is 15.5. The predicted molar refractivity (Wildman–Crippen MR) is 151 cm³/mol. The Hall–Kier alpha value is -0.530. The van der Waals surface area contributed by atoms with Crippen LogP contribution in [-0.2, 0) is 4.79 Å². The van der Waals surface area contributed by atoms with Crippen LogP contribution in [0.3, 0.4) is 0 Å². The van der Waals surface area contributed by atoms with Crippen LogP contribution in [0, 0.1) is 0 Å². The molecule has 0 heterocycles. The van der Waals surface area contributed by atoms with Crippen molar-refractivity contribution in [1.29, 1.82) is 0 Å². The largest absolute Gasteiger partial charge is 0.343 e. The Morgan fingerprint density at radius 1 is 0.424 bits per heavy atom. The van der Waals surface area contributed by atoms with E-state index in [-0.39, 0.29) is 0 Å². The van der Waals surface area contributed by atoms with E-state index in [0.29, 0.717) is 5.91 Å². The SMILES string of the molecule is CC.CCCCCCCCCCN(CCCCCCCCCC)C(=O)CCCCCCCC. The molecule has 0 rings (SSSR count). The molecule has 0 aliphatic heterocycles. The molecular formula is C31H65NO. The third-order valence-electron chi connectivity index (χ3n) is 6.66. The average Bonchev–Trinajstić information content (AvgIpc) is 2.84. The van der Waals surface area contributed by atoms with Crippen molar-refractivity contribution >= 4 is 5.91 Å². The van der Waals surface area contributed by atoms with Crippen molar-refractivity contribution in [3.05, 3.63) is 0 Å². The lowest BCUT2D eigenvalue weighted by molar-refractivity contribution is -0.131. The molecule has 0 aromatic carbocycles.